The van der Waals surface area contributed by atoms with Crippen LogP contribution in [0.2, 0.25) is 0 Å². The van der Waals surface area contributed by atoms with Crippen LogP contribution in [0, 0.1) is 18.9 Å². The van der Waals surface area contributed by atoms with Gasteiger partial charge in [-0.15, -0.1) is 0 Å². The third-order valence-electron chi connectivity index (χ3n) is 4.27. The van der Waals surface area contributed by atoms with Crippen LogP contribution in [0.1, 0.15) is 31.9 Å². The van der Waals surface area contributed by atoms with Gasteiger partial charge in [-0.25, -0.2) is 22.3 Å². The van der Waals surface area contributed by atoms with E-state index in [1.165, 1.54) is 12.1 Å². The second-order valence-electron chi connectivity index (χ2n) is 8.08. The highest BCUT2D eigenvalue weighted by molar-refractivity contribution is 7.89. The Hall–Kier alpha value is -3.31. The van der Waals surface area contributed by atoms with Gasteiger partial charge in [0.2, 0.25) is 0 Å². The molecule has 0 heterocycles. The minimum absolute atomic E-state index is 0.00159. The minimum Gasteiger partial charge on any atom is -0.467 e. The molecule has 2 aromatic carbocycles. The Balaban J connectivity index is 2.57. The molecule has 7 nitrogen and oxygen atoms in total. The first-order valence-corrected chi connectivity index (χ1v) is 11.4. The Kier molecular flexibility index (Phi) is 8.06. The molecule has 0 aliphatic rings. The van der Waals surface area contributed by atoms with Crippen molar-refractivity contribution in [1.29, 1.82) is 0 Å². The van der Waals surface area contributed by atoms with E-state index in [1.54, 1.807) is 63.2 Å². The molecule has 2 aromatic rings. The molecule has 0 N–H and O–H groups in total. The van der Waals surface area contributed by atoms with Crippen molar-refractivity contribution in [2.24, 2.45) is 0 Å². The standard InChI is InChI=1S/C24H27NO6S/c1-18-11-13-20(14-12-18)32(28,29)25(16-15-22(26)31-24(2,3)4)21(23(27)30-5)17-19-9-7-6-8-10-19/h6-14,21H,17H2,1-5H3/t21-/m0/s1. The number of aryl methyl sites for hydroxylation is 1. The smallest absolute Gasteiger partial charge is 0.386 e. The Labute approximate surface area is 189 Å². The molecule has 0 aromatic heterocycles. The molecular formula is C24H27NO6S. The van der Waals surface area contributed by atoms with E-state index in [2.05, 4.69) is 12.0 Å². The molecule has 0 saturated heterocycles. The molecule has 1 atom stereocenters. The Morgan fingerprint density at radius 3 is 2.16 bits per heavy atom. The molecule has 0 unspecified atom stereocenters. The van der Waals surface area contributed by atoms with Gasteiger partial charge < -0.3 is 9.47 Å². The first-order chi connectivity index (χ1) is 14.9. The predicted molar refractivity (Wildman–Crippen MR) is 120 cm³/mol. The van der Waals surface area contributed by atoms with Crippen LogP contribution in [0.15, 0.2) is 59.5 Å². The average Bonchev–Trinajstić information content (AvgIpc) is 2.72. The summed E-state index contributed by atoms with van der Waals surface area (Å²) in [7, 11) is -3.12. The zero-order chi connectivity index (χ0) is 23.9. The van der Waals surface area contributed by atoms with Crippen molar-refractivity contribution in [3.63, 3.8) is 0 Å². The van der Waals surface area contributed by atoms with Crippen LogP contribution in [0.3, 0.4) is 0 Å². The van der Waals surface area contributed by atoms with Crippen LogP contribution < -0.4 is 0 Å². The number of esters is 2. The summed E-state index contributed by atoms with van der Waals surface area (Å²) in [6.07, 6.45) is 0.00159. The molecule has 2 rings (SSSR count). The zero-order valence-corrected chi connectivity index (χ0v) is 19.6. The molecule has 0 bridgehead atoms. The van der Waals surface area contributed by atoms with E-state index < -0.39 is 33.6 Å². The van der Waals surface area contributed by atoms with Gasteiger partial charge in [-0.05, 0) is 45.4 Å². The molecular weight excluding hydrogens is 430 g/mol. The van der Waals surface area contributed by atoms with E-state index in [0.29, 0.717) is 9.87 Å². The van der Waals surface area contributed by atoms with E-state index in [-0.39, 0.29) is 11.3 Å². The van der Waals surface area contributed by atoms with Crippen molar-refractivity contribution < 1.29 is 27.5 Å². The van der Waals surface area contributed by atoms with Gasteiger partial charge in [-0.3, -0.25) is 0 Å². The van der Waals surface area contributed by atoms with Gasteiger partial charge in [0, 0.05) is 18.4 Å². The summed E-state index contributed by atoms with van der Waals surface area (Å²) in [5.74, 6) is 0.485. The second kappa shape index (κ2) is 10.3. The number of sulfonamides is 1. The average molecular weight is 458 g/mol. The molecule has 0 saturated carbocycles. The zero-order valence-electron chi connectivity index (χ0n) is 18.8. The molecule has 0 fully saturated rings. The summed E-state index contributed by atoms with van der Waals surface area (Å²) < 4.78 is 37.6. The molecule has 0 amide bonds. The monoisotopic (exact) mass is 457 g/mol. The van der Waals surface area contributed by atoms with Crippen LogP contribution in [0.25, 0.3) is 0 Å². The summed E-state index contributed by atoms with van der Waals surface area (Å²) >= 11 is 0. The lowest BCUT2D eigenvalue weighted by atomic mass is 10.1. The normalized spacial score (nSPS) is 12.2. The van der Waals surface area contributed by atoms with E-state index in [1.807, 2.05) is 6.92 Å². The van der Waals surface area contributed by atoms with Gasteiger partial charge in [0.05, 0.1) is 12.0 Å². The van der Waals surface area contributed by atoms with E-state index in [9.17, 15) is 18.0 Å². The summed E-state index contributed by atoms with van der Waals surface area (Å²) in [4.78, 5) is 24.7. The van der Waals surface area contributed by atoms with E-state index >= 15 is 0 Å². The van der Waals surface area contributed by atoms with Crippen LogP contribution in [-0.2, 0) is 35.5 Å². The molecule has 0 radical (unpaired) electrons. The summed E-state index contributed by atoms with van der Waals surface area (Å²) in [5, 5.41) is 0. The number of methoxy groups -OCH3 is 1. The van der Waals surface area contributed by atoms with Gasteiger partial charge in [0.25, 0.3) is 10.0 Å². The number of carbonyl (C=O) groups is 2. The Bertz CT molecular complexity index is 1110. The van der Waals surface area contributed by atoms with Gasteiger partial charge in [-0.2, -0.15) is 0 Å². The van der Waals surface area contributed by atoms with Crippen molar-refractivity contribution in [1.82, 2.24) is 4.31 Å². The summed E-state index contributed by atoms with van der Waals surface area (Å²) in [6.45, 7) is 6.82. The van der Waals surface area contributed by atoms with Crippen LogP contribution in [-0.4, -0.2) is 43.4 Å². The van der Waals surface area contributed by atoms with E-state index in [4.69, 9.17) is 9.47 Å². The van der Waals surface area contributed by atoms with Crippen molar-refractivity contribution in [2.45, 2.75) is 50.7 Å². The van der Waals surface area contributed by atoms with E-state index in [0.717, 1.165) is 12.7 Å². The summed E-state index contributed by atoms with van der Waals surface area (Å²) in [5.41, 5.74) is 0.758. The largest absolute Gasteiger partial charge is 0.467 e. The lowest BCUT2D eigenvalue weighted by Crippen LogP contribution is -2.44. The number of carbonyl (C=O) groups excluding carboxylic acids is 2. The number of hydrogen-bond donors (Lipinski definition) is 0. The SMILES string of the molecule is COC(=O)[C@H](Cc1ccccc1)N(C#CC(=O)OC(C)(C)C)S(=O)(=O)c1ccc(C)cc1. The van der Waals surface area contributed by atoms with Crippen LogP contribution >= 0.6 is 0 Å². The van der Waals surface area contributed by atoms with Gasteiger partial charge in [0.1, 0.15) is 5.60 Å². The fourth-order valence-corrected chi connectivity index (χ4v) is 4.14. The fourth-order valence-electron chi connectivity index (χ4n) is 2.77. The number of hydrogen-bond acceptors (Lipinski definition) is 6. The maximum atomic E-state index is 13.5. The molecule has 0 aliphatic carbocycles. The van der Waals surface area contributed by atoms with Crippen molar-refractivity contribution >= 4 is 22.0 Å². The van der Waals surface area contributed by atoms with Gasteiger partial charge in [0.15, 0.2) is 6.04 Å². The topological polar surface area (TPSA) is 90.0 Å². The van der Waals surface area contributed by atoms with Crippen LogP contribution in [0.5, 0.6) is 0 Å². The maximum absolute atomic E-state index is 13.5. The number of benzene rings is 2. The van der Waals surface area contributed by atoms with Crippen molar-refractivity contribution in [2.75, 3.05) is 7.11 Å². The van der Waals surface area contributed by atoms with Crippen LogP contribution in [0.4, 0.5) is 0 Å². The molecule has 170 valence electrons. The summed E-state index contributed by atoms with van der Waals surface area (Å²) in [6, 6.07) is 16.0. The molecule has 32 heavy (non-hydrogen) atoms. The highest BCUT2D eigenvalue weighted by Gasteiger charge is 2.35. The second-order valence-corrected chi connectivity index (χ2v) is 9.90. The highest BCUT2D eigenvalue weighted by atomic mass is 32.2. The first kappa shape index (κ1) is 25.0. The Morgan fingerprint density at radius 1 is 1.03 bits per heavy atom. The van der Waals surface area contributed by atoms with Gasteiger partial charge >= 0.3 is 11.9 Å². The van der Waals surface area contributed by atoms with Gasteiger partial charge in [-0.1, -0.05) is 48.0 Å². The maximum Gasteiger partial charge on any atom is 0.386 e. The first-order valence-electron chi connectivity index (χ1n) is 9.91. The molecule has 0 aliphatic heterocycles. The predicted octanol–water partition coefficient (Wildman–Crippen LogP) is 3.07. The lowest BCUT2D eigenvalue weighted by Gasteiger charge is -2.26. The number of rotatable bonds is 6. The minimum atomic E-state index is -4.28. The quantitative estimate of drug-likeness (QED) is 0.376. The van der Waals surface area contributed by atoms with Crippen molar-refractivity contribution in [3.05, 3.63) is 65.7 Å². The molecule has 8 heteroatoms. The third-order valence-corrected chi connectivity index (χ3v) is 6.00. The number of nitrogens with zero attached hydrogens (tertiary/aromatic N) is 1. The molecule has 0 spiro atoms. The lowest BCUT2D eigenvalue weighted by molar-refractivity contribution is -0.147. The highest BCUT2D eigenvalue weighted by Crippen LogP contribution is 2.21. The fraction of sp³-hybridized carbons (Fsp3) is 0.333. The third kappa shape index (κ3) is 6.86. The van der Waals surface area contributed by atoms with Crippen molar-refractivity contribution in [3.8, 4) is 12.0 Å². The Morgan fingerprint density at radius 2 is 1.62 bits per heavy atom. The number of ether oxygens (including phenoxy) is 2.